The van der Waals surface area contributed by atoms with Gasteiger partial charge >= 0.3 is 0 Å². The lowest BCUT2D eigenvalue weighted by atomic mass is 10.1. The van der Waals surface area contributed by atoms with E-state index in [1.54, 1.807) is 6.26 Å². The monoisotopic (exact) mass is 264 g/mol. The van der Waals surface area contributed by atoms with Crippen molar-refractivity contribution in [3.63, 3.8) is 0 Å². The molecule has 2 unspecified atom stereocenters. The molecule has 1 N–H and O–H groups in total. The maximum absolute atomic E-state index is 11.0. The molecule has 0 saturated carbocycles. The summed E-state index contributed by atoms with van der Waals surface area (Å²) in [7, 11) is -0.719. The smallest absolute Gasteiger partial charge is 0.0991 e. The summed E-state index contributed by atoms with van der Waals surface area (Å²) in [5, 5.41) is 12.2. The molecule has 0 aliphatic rings. The van der Waals surface area contributed by atoms with E-state index in [4.69, 9.17) is 5.26 Å². The van der Waals surface area contributed by atoms with Crippen molar-refractivity contribution in [1.82, 2.24) is 5.32 Å². The quantitative estimate of drug-likeness (QED) is 0.856. The van der Waals surface area contributed by atoms with Crippen LogP contribution >= 0.6 is 0 Å². The molecule has 0 fully saturated rings. The summed E-state index contributed by atoms with van der Waals surface area (Å²) in [6.45, 7) is 4.91. The summed E-state index contributed by atoms with van der Waals surface area (Å²) in [6, 6.07) is 8.23. The highest BCUT2D eigenvalue weighted by Gasteiger charge is 2.05. The predicted molar refractivity (Wildman–Crippen MR) is 75.7 cm³/mol. The highest BCUT2D eigenvalue weighted by Crippen LogP contribution is 2.10. The minimum absolute atomic E-state index is 0.351. The Labute approximate surface area is 112 Å². The Kier molecular flexibility index (Phi) is 6.03. The van der Waals surface area contributed by atoms with Crippen LogP contribution in [0.4, 0.5) is 0 Å². The van der Waals surface area contributed by atoms with Crippen LogP contribution in [0.2, 0.25) is 0 Å². The fourth-order valence-electron chi connectivity index (χ4n) is 1.69. The third-order valence-electron chi connectivity index (χ3n) is 2.95. The molecule has 0 radical (unpaired) electrons. The first-order valence-corrected chi connectivity index (χ1v) is 7.78. The third-order valence-corrected chi connectivity index (χ3v) is 3.76. The maximum Gasteiger partial charge on any atom is 0.0991 e. The molecule has 0 saturated heterocycles. The van der Waals surface area contributed by atoms with E-state index in [2.05, 4.69) is 18.3 Å². The summed E-state index contributed by atoms with van der Waals surface area (Å²) >= 11 is 0. The van der Waals surface area contributed by atoms with Crippen LogP contribution in [-0.2, 0) is 17.3 Å². The average molecular weight is 264 g/mol. The third kappa shape index (κ3) is 4.99. The molecule has 3 nitrogen and oxygen atoms in total. The van der Waals surface area contributed by atoms with Crippen molar-refractivity contribution in [2.24, 2.45) is 0 Å². The summed E-state index contributed by atoms with van der Waals surface area (Å²) in [5.41, 5.74) is 3.04. The molecule has 1 rings (SSSR count). The molecule has 0 aliphatic carbocycles. The van der Waals surface area contributed by atoms with Gasteiger partial charge in [0.1, 0.15) is 0 Å². The second-order valence-corrected chi connectivity index (χ2v) is 6.16. The number of nitrogens with zero attached hydrogens (tertiary/aromatic N) is 1. The van der Waals surface area contributed by atoms with Crippen molar-refractivity contribution < 1.29 is 4.21 Å². The molecule has 2 atom stereocenters. The van der Waals surface area contributed by atoms with Gasteiger partial charge in [0.05, 0.1) is 11.6 Å². The Balaban J connectivity index is 2.48. The van der Waals surface area contributed by atoms with Crippen LogP contribution in [0.5, 0.6) is 0 Å². The number of nitriles is 1. The van der Waals surface area contributed by atoms with Crippen LogP contribution in [0, 0.1) is 18.3 Å². The maximum atomic E-state index is 11.0. The highest BCUT2D eigenvalue weighted by molar-refractivity contribution is 7.84. The van der Waals surface area contributed by atoms with Gasteiger partial charge in [-0.25, -0.2) is 0 Å². The first kappa shape index (κ1) is 14.9. The number of aryl methyl sites for hydroxylation is 1. The zero-order valence-corrected chi connectivity index (χ0v) is 12.0. The van der Waals surface area contributed by atoms with Crippen molar-refractivity contribution in [2.45, 2.75) is 32.9 Å². The highest BCUT2D eigenvalue weighted by atomic mass is 32.2. The Morgan fingerprint density at radius 2 is 2.22 bits per heavy atom. The number of nitrogens with one attached hydrogen (secondary N) is 1. The molecule has 4 heteroatoms. The Morgan fingerprint density at radius 3 is 2.78 bits per heavy atom. The van der Waals surface area contributed by atoms with Crippen LogP contribution in [0.3, 0.4) is 0 Å². The standard InChI is InChI=1S/C14H20N2OS/c1-11-8-13(9-15)4-5-14(11)10-16-12(2)6-7-18(3)17/h4-5,8,12,16H,6-7,10H2,1-3H3. The van der Waals surface area contributed by atoms with Gasteiger partial charge in [0.25, 0.3) is 0 Å². The van der Waals surface area contributed by atoms with E-state index in [1.807, 2.05) is 25.1 Å². The molecular weight excluding hydrogens is 244 g/mol. The topological polar surface area (TPSA) is 52.9 Å². The van der Waals surface area contributed by atoms with Crippen molar-refractivity contribution in [3.05, 3.63) is 34.9 Å². The molecule has 0 bridgehead atoms. The molecule has 98 valence electrons. The fourth-order valence-corrected chi connectivity index (χ4v) is 2.38. The van der Waals surface area contributed by atoms with E-state index in [1.165, 1.54) is 5.56 Å². The SMILES string of the molecule is Cc1cc(C#N)ccc1CNC(C)CCS(C)=O. The van der Waals surface area contributed by atoms with E-state index in [-0.39, 0.29) is 0 Å². The van der Waals surface area contributed by atoms with Gasteiger partial charge in [0.15, 0.2) is 0 Å². The van der Waals surface area contributed by atoms with Crippen LogP contribution in [-0.4, -0.2) is 22.3 Å². The van der Waals surface area contributed by atoms with Gasteiger partial charge in [-0.05, 0) is 43.5 Å². The fraction of sp³-hybridized carbons (Fsp3) is 0.500. The van der Waals surface area contributed by atoms with E-state index in [9.17, 15) is 4.21 Å². The van der Waals surface area contributed by atoms with E-state index < -0.39 is 10.8 Å². The molecule has 0 heterocycles. The molecule has 1 aromatic rings. The lowest BCUT2D eigenvalue weighted by Gasteiger charge is -2.14. The van der Waals surface area contributed by atoms with Crippen LogP contribution in [0.1, 0.15) is 30.0 Å². The van der Waals surface area contributed by atoms with Gasteiger partial charge in [-0.3, -0.25) is 4.21 Å². The largest absolute Gasteiger partial charge is 0.310 e. The van der Waals surface area contributed by atoms with Crippen LogP contribution in [0.15, 0.2) is 18.2 Å². The van der Waals surface area contributed by atoms with Gasteiger partial charge in [-0.1, -0.05) is 6.07 Å². The molecule has 1 aromatic carbocycles. The summed E-state index contributed by atoms with van der Waals surface area (Å²) < 4.78 is 11.0. The Hall–Kier alpha value is -1.18. The molecule has 0 aliphatic heterocycles. The van der Waals surface area contributed by atoms with Crippen LogP contribution < -0.4 is 5.32 Å². The summed E-state index contributed by atoms with van der Waals surface area (Å²) in [4.78, 5) is 0. The van der Waals surface area contributed by atoms with Gasteiger partial charge in [-0.2, -0.15) is 5.26 Å². The van der Waals surface area contributed by atoms with Gasteiger partial charge in [-0.15, -0.1) is 0 Å². The van der Waals surface area contributed by atoms with Crippen molar-refractivity contribution in [3.8, 4) is 6.07 Å². The molecule has 0 spiro atoms. The lowest BCUT2D eigenvalue weighted by Crippen LogP contribution is -2.27. The Morgan fingerprint density at radius 1 is 1.50 bits per heavy atom. The number of benzene rings is 1. The molecular formula is C14H20N2OS. The summed E-state index contributed by atoms with van der Waals surface area (Å²) in [5.74, 6) is 0.737. The Bertz CT molecular complexity index is 465. The average Bonchev–Trinajstić information content (AvgIpc) is 2.34. The van der Waals surface area contributed by atoms with Crippen molar-refractivity contribution >= 4 is 10.8 Å². The van der Waals surface area contributed by atoms with Crippen LogP contribution in [0.25, 0.3) is 0 Å². The van der Waals surface area contributed by atoms with E-state index >= 15 is 0 Å². The zero-order valence-electron chi connectivity index (χ0n) is 11.2. The molecule has 18 heavy (non-hydrogen) atoms. The second kappa shape index (κ2) is 7.30. The van der Waals surface area contributed by atoms with Gasteiger partial charge < -0.3 is 5.32 Å². The molecule has 0 amide bonds. The van der Waals surface area contributed by atoms with E-state index in [0.717, 1.165) is 24.3 Å². The molecule has 0 aromatic heterocycles. The zero-order chi connectivity index (χ0) is 13.5. The number of hydrogen-bond donors (Lipinski definition) is 1. The lowest BCUT2D eigenvalue weighted by molar-refractivity contribution is 0.534. The van der Waals surface area contributed by atoms with Crippen molar-refractivity contribution in [2.75, 3.05) is 12.0 Å². The van der Waals surface area contributed by atoms with Crippen molar-refractivity contribution in [1.29, 1.82) is 5.26 Å². The first-order chi connectivity index (χ1) is 8.52. The van der Waals surface area contributed by atoms with Gasteiger partial charge in [0.2, 0.25) is 0 Å². The van der Waals surface area contributed by atoms with E-state index in [0.29, 0.717) is 11.6 Å². The number of rotatable bonds is 6. The normalized spacial score (nSPS) is 13.9. The van der Waals surface area contributed by atoms with Gasteiger partial charge in [0, 0.05) is 35.4 Å². The summed E-state index contributed by atoms with van der Waals surface area (Å²) in [6.07, 6.45) is 2.65. The number of hydrogen-bond acceptors (Lipinski definition) is 3. The first-order valence-electron chi connectivity index (χ1n) is 6.06. The predicted octanol–water partition coefficient (Wildman–Crippen LogP) is 2.11. The minimum Gasteiger partial charge on any atom is -0.310 e. The second-order valence-electron chi connectivity index (χ2n) is 4.60. The minimum atomic E-state index is -0.719.